The number of carbonyl (C=O) groups is 2. The number of phosphoric ester groups is 1. The summed E-state index contributed by atoms with van der Waals surface area (Å²) in [4.78, 5) is 42.7. The van der Waals surface area contributed by atoms with Crippen LogP contribution in [0.1, 0.15) is 194 Å². The Labute approximate surface area is 294 Å². The summed E-state index contributed by atoms with van der Waals surface area (Å²) in [6.45, 7) is 3.66. The smallest absolute Gasteiger partial charge is 0.462 e. The van der Waals surface area contributed by atoms with Crippen molar-refractivity contribution < 1.29 is 37.9 Å². The van der Waals surface area contributed by atoms with Crippen LogP contribution in [0.15, 0.2) is 24.3 Å². The number of phosphoric acid groups is 1. The predicted octanol–water partition coefficient (Wildman–Crippen LogP) is 11.6. The largest absolute Gasteiger partial charge is 0.469 e. The molecule has 0 saturated carbocycles. The molecule has 48 heavy (non-hydrogen) atoms. The maximum absolute atomic E-state index is 12.4. The molecule has 0 aliphatic heterocycles. The van der Waals surface area contributed by atoms with Crippen molar-refractivity contribution in [3.05, 3.63) is 24.3 Å². The minimum absolute atomic E-state index is 0.192. The highest BCUT2D eigenvalue weighted by atomic mass is 31.2. The second-order valence-electron chi connectivity index (χ2n) is 13.2. The van der Waals surface area contributed by atoms with Crippen molar-refractivity contribution in [2.24, 2.45) is 0 Å². The SMILES string of the molecule is CCCCCCCC/C=C/CCCCCCCC(=O)OC[C@H](COP(=O)(O)O)OC(=O)CCCCC/C=C/CCCCCCCCCC. The maximum Gasteiger partial charge on any atom is 0.469 e. The zero-order valence-electron chi connectivity index (χ0n) is 30.9. The van der Waals surface area contributed by atoms with Gasteiger partial charge in [0.15, 0.2) is 6.10 Å². The molecule has 0 rings (SSSR count). The van der Waals surface area contributed by atoms with Gasteiger partial charge >= 0.3 is 19.8 Å². The lowest BCUT2D eigenvalue weighted by atomic mass is 10.1. The van der Waals surface area contributed by atoms with Crippen LogP contribution >= 0.6 is 7.82 Å². The van der Waals surface area contributed by atoms with Gasteiger partial charge in [0, 0.05) is 12.8 Å². The molecule has 8 nitrogen and oxygen atoms in total. The Morgan fingerprint density at radius 2 is 0.875 bits per heavy atom. The number of carbonyl (C=O) groups excluding carboxylic acids is 2. The molecular weight excluding hydrogens is 627 g/mol. The molecule has 0 radical (unpaired) electrons. The standard InChI is InChI=1S/C39H73O8P/c1-3-5-7-9-11-13-15-17-19-21-23-25-27-29-31-33-38(40)45-35-37(36-46-48(42,43)44)47-39(41)34-32-30-28-26-24-22-20-18-16-14-12-10-8-6-4-2/h17,19,22,24,37H,3-16,18,20-21,23,25-36H2,1-2H3,(H2,42,43,44)/b19-17+,24-22+/t37-/m1/s1. The Balaban J connectivity index is 3.98. The number of hydrogen-bond acceptors (Lipinski definition) is 6. The van der Waals surface area contributed by atoms with Crippen LogP contribution in [0.3, 0.4) is 0 Å². The van der Waals surface area contributed by atoms with E-state index in [-0.39, 0.29) is 19.4 Å². The summed E-state index contributed by atoms with van der Waals surface area (Å²) in [5.74, 6) is -0.909. The van der Waals surface area contributed by atoms with Gasteiger partial charge in [-0.15, -0.1) is 0 Å². The summed E-state index contributed by atoms with van der Waals surface area (Å²) in [6, 6.07) is 0. The molecule has 9 heteroatoms. The van der Waals surface area contributed by atoms with Gasteiger partial charge < -0.3 is 19.3 Å². The topological polar surface area (TPSA) is 119 Å². The Bertz CT molecular complexity index is 838. The lowest BCUT2D eigenvalue weighted by Crippen LogP contribution is -2.29. The van der Waals surface area contributed by atoms with E-state index in [1.807, 2.05) is 0 Å². The van der Waals surface area contributed by atoms with Crippen LogP contribution in [-0.4, -0.2) is 41.0 Å². The highest BCUT2D eigenvalue weighted by molar-refractivity contribution is 7.46. The normalized spacial score (nSPS) is 12.7. The number of rotatable bonds is 36. The number of ether oxygens (including phenoxy) is 2. The van der Waals surface area contributed by atoms with E-state index in [4.69, 9.17) is 19.3 Å². The fourth-order valence-corrected chi connectivity index (χ4v) is 5.84. The lowest BCUT2D eigenvalue weighted by Gasteiger charge is -2.18. The van der Waals surface area contributed by atoms with E-state index < -0.39 is 32.5 Å². The minimum Gasteiger partial charge on any atom is -0.462 e. The molecular formula is C39H73O8P. The first-order chi connectivity index (χ1) is 23.3. The van der Waals surface area contributed by atoms with Gasteiger partial charge in [0.25, 0.3) is 0 Å². The first kappa shape index (κ1) is 46.5. The van der Waals surface area contributed by atoms with Crippen LogP contribution in [0.4, 0.5) is 0 Å². The number of allylic oxidation sites excluding steroid dienone is 4. The van der Waals surface area contributed by atoms with E-state index in [0.29, 0.717) is 12.8 Å². The van der Waals surface area contributed by atoms with Crippen molar-refractivity contribution in [1.82, 2.24) is 0 Å². The molecule has 0 unspecified atom stereocenters. The summed E-state index contributed by atoms with van der Waals surface area (Å²) < 4.78 is 26.3. The second kappa shape index (κ2) is 35.4. The third kappa shape index (κ3) is 37.4. The molecule has 0 aromatic carbocycles. The van der Waals surface area contributed by atoms with E-state index in [0.717, 1.165) is 57.8 Å². The molecule has 0 heterocycles. The van der Waals surface area contributed by atoms with Gasteiger partial charge in [0.2, 0.25) is 0 Å². The molecule has 282 valence electrons. The molecule has 1 atom stereocenters. The molecule has 0 aromatic rings. The van der Waals surface area contributed by atoms with Gasteiger partial charge in [0.1, 0.15) is 6.61 Å². The molecule has 2 N–H and O–H groups in total. The molecule has 0 saturated heterocycles. The fraction of sp³-hybridized carbons (Fsp3) is 0.846. The maximum atomic E-state index is 12.4. The summed E-state index contributed by atoms with van der Waals surface area (Å²) in [5, 5.41) is 0. The van der Waals surface area contributed by atoms with E-state index in [1.54, 1.807) is 0 Å². The molecule has 0 aliphatic carbocycles. The quantitative estimate of drug-likeness (QED) is 0.0287. The third-order valence-electron chi connectivity index (χ3n) is 8.44. The van der Waals surface area contributed by atoms with Gasteiger partial charge in [-0.3, -0.25) is 14.1 Å². The summed E-state index contributed by atoms with van der Waals surface area (Å²) in [6.07, 6.45) is 39.0. The first-order valence-corrected chi connectivity index (χ1v) is 21.2. The fourth-order valence-electron chi connectivity index (χ4n) is 5.48. The molecule has 0 amide bonds. The van der Waals surface area contributed by atoms with Crippen molar-refractivity contribution >= 4 is 19.8 Å². The molecule has 0 aromatic heterocycles. The summed E-state index contributed by atoms with van der Waals surface area (Å²) in [5.41, 5.74) is 0. The van der Waals surface area contributed by atoms with Crippen LogP contribution < -0.4 is 0 Å². The Morgan fingerprint density at radius 1 is 0.521 bits per heavy atom. The first-order valence-electron chi connectivity index (χ1n) is 19.6. The lowest BCUT2D eigenvalue weighted by molar-refractivity contribution is -0.161. The average molecular weight is 701 g/mol. The van der Waals surface area contributed by atoms with Gasteiger partial charge in [0.05, 0.1) is 6.61 Å². The van der Waals surface area contributed by atoms with Crippen molar-refractivity contribution in [3.63, 3.8) is 0 Å². The number of unbranched alkanes of at least 4 members (excludes halogenated alkanes) is 22. The van der Waals surface area contributed by atoms with Crippen LogP contribution in [0.25, 0.3) is 0 Å². The van der Waals surface area contributed by atoms with Crippen LogP contribution in [0.2, 0.25) is 0 Å². The average Bonchev–Trinajstić information content (AvgIpc) is 3.05. The highest BCUT2D eigenvalue weighted by Gasteiger charge is 2.22. The van der Waals surface area contributed by atoms with Crippen molar-refractivity contribution in [2.75, 3.05) is 13.2 Å². The zero-order valence-corrected chi connectivity index (χ0v) is 31.8. The van der Waals surface area contributed by atoms with E-state index >= 15 is 0 Å². The van der Waals surface area contributed by atoms with Gasteiger partial charge in [-0.1, -0.05) is 141 Å². The Kier molecular flexibility index (Phi) is 34.3. The molecule has 0 bridgehead atoms. The molecule has 0 spiro atoms. The van der Waals surface area contributed by atoms with Crippen LogP contribution in [-0.2, 0) is 28.2 Å². The summed E-state index contributed by atoms with van der Waals surface area (Å²) in [7, 11) is -4.75. The van der Waals surface area contributed by atoms with Crippen molar-refractivity contribution in [3.8, 4) is 0 Å². The third-order valence-corrected chi connectivity index (χ3v) is 8.93. The monoisotopic (exact) mass is 701 g/mol. The van der Waals surface area contributed by atoms with Gasteiger partial charge in [-0.2, -0.15) is 0 Å². The van der Waals surface area contributed by atoms with Crippen molar-refractivity contribution in [1.29, 1.82) is 0 Å². The summed E-state index contributed by atoms with van der Waals surface area (Å²) >= 11 is 0. The number of esters is 2. The van der Waals surface area contributed by atoms with Crippen molar-refractivity contribution in [2.45, 2.75) is 200 Å². The Morgan fingerprint density at radius 3 is 1.29 bits per heavy atom. The minimum atomic E-state index is -4.75. The van der Waals surface area contributed by atoms with Crippen LogP contribution in [0, 0.1) is 0 Å². The second-order valence-corrected chi connectivity index (χ2v) is 14.5. The highest BCUT2D eigenvalue weighted by Crippen LogP contribution is 2.36. The number of hydrogen-bond donors (Lipinski definition) is 2. The van der Waals surface area contributed by atoms with Gasteiger partial charge in [-0.05, 0) is 64.2 Å². The van der Waals surface area contributed by atoms with E-state index in [1.165, 1.54) is 96.3 Å². The Hall–Kier alpha value is -1.47. The predicted molar refractivity (Wildman–Crippen MR) is 198 cm³/mol. The molecule has 0 aliphatic rings. The van der Waals surface area contributed by atoms with Gasteiger partial charge in [-0.25, -0.2) is 4.57 Å². The van der Waals surface area contributed by atoms with Crippen LogP contribution in [0.5, 0.6) is 0 Å². The molecule has 0 fully saturated rings. The zero-order chi connectivity index (χ0) is 35.4. The van der Waals surface area contributed by atoms with E-state index in [9.17, 15) is 14.2 Å². The van der Waals surface area contributed by atoms with E-state index in [2.05, 4.69) is 42.7 Å².